The molecule has 6 heteroatoms. The van der Waals surface area contributed by atoms with Gasteiger partial charge in [0.25, 0.3) is 0 Å². The van der Waals surface area contributed by atoms with Crippen molar-refractivity contribution in [1.29, 1.82) is 0 Å². The molecule has 0 unspecified atom stereocenters. The molecule has 0 aliphatic carbocycles. The van der Waals surface area contributed by atoms with Crippen LogP contribution in [0.5, 0.6) is 0 Å². The van der Waals surface area contributed by atoms with Gasteiger partial charge in [-0.15, -0.1) is 0 Å². The summed E-state index contributed by atoms with van der Waals surface area (Å²) >= 11 is 0. The van der Waals surface area contributed by atoms with Gasteiger partial charge >= 0.3 is 0 Å². The standard InChI is InChI=1S/C41H25N5O/c1-3-11-26(12-4-1)39-44-40(27-13-5-2-6-14-27)46-41(45-39)29-16-9-15-28(25-29)30-18-10-19-32-31(30)23-24-42-37(32)34-21-22-36-38(43-34)33-17-7-8-20-35(33)47-36/h1-25H. The summed E-state index contributed by atoms with van der Waals surface area (Å²) in [7, 11) is 0. The number of benzene rings is 5. The molecular formula is C41H25N5O. The Morgan fingerprint density at radius 3 is 1.79 bits per heavy atom. The van der Waals surface area contributed by atoms with E-state index in [9.17, 15) is 0 Å². The molecule has 0 aliphatic rings. The molecule has 0 saturated heterocycles. The summed E-state index contributed by atoms with van der Waals surface area (Å²) in [4.78, 5) is 24.6. The molecule has 47 heavy (non-hydrogen) atoms. The number of aromatic nitrogens is 5. The van der Waals surface area contributed by atoms with Gasteiger partial charge in [-0.05, 0) is 52.9 Å². The molecule has 4 aromatic heterocycles. The Kier molecular flexibility index (Phi) is 6.35. The number of fused-ring (bicyclic) bond motifs is 4. The number of furan rings is 1. The molecule has 6 nitrogen and oxygen atoms in total. The molecule has 0 spiro atoms. The summed E-state index contributed by atoms with van der Waals surface area (Å²) in [5.74, 6) is 1.89. The second-order valence-electron chi connectivity index (χ2n) is 11.3. The highest BCUT2D eigenvalue weighted by molar-refractivity contribution is 6.05. The minimum Gasteiger partial charge on any atom is -0.454 e. The highest BCUT2D eigenvalue weighted by Gasteiger charge is 2.16. The normalized spacial score (nSPS) is 11.4. The lowest BCUT2D eigenvalue weighted by Gasteiger charge is -2.12. The molecule has 0 N–H and O–H groups in total. The summed E-state index contributed by atoms with van der Waals surface area (Å²) < 4.78 is 6.02. The molecule has 9 aromatic rings. The van der Waals surface area contributed by atoms with Crippen molar-refractivity contribution in [2.45, 2.75) is 0 Å². The fraction of sp³-hybridized carbons (Fsp3) is 0. The molecule has 0 fully saturated rings. The number of hydrogen-bond donors (Lipinski definition) is 0. The number of pyridine rings is 2. The fourth-order valence-corrected chi connectivity index (χ4v) is 6.15. The first kappa shape index (κ1) is 26.8. The van der Waals surface area contributed by atoms with Gasteiger partial charge in [-0.25, -0.2) is 19.9 Å². The lowest BCUT2D eigenvalue weighted by Crippen LogP contribution is -2.00. The molecule has 0 bridgehead atoms. The van der Waals surface area contributed by atoms with Crippen molar-refractivity contribution in [2.75, 3.05) is 0 Å². The van der Waals surface area contributed by atoms with Crippen molar-refractivity contribution in [3.05, 3.63) is 152 Å². The maximum absolute atomic E-state index is 6.02. The third-order valence-electron chi connectivity index (χ3n) is 8.40. The summed E-state index contributed by atoms with van der Waals surface area (Å²) in [5.41, 5.74) is 8.97. The van der Waals surface area contributed by atoms with Crippen molar-refractivity contribution in [2.24, 2.45) is 0 Å². The summed E-state index contributed by atoms with van der Waals surface area (Å²) in [6.45, 7) is 0. The van der Waals surface area contributed by atoms with Gasteiger partial charge in [-0.1, -0.05) is 109 Å². The van der Waals surface area contributed by atoms with Gasteiger partial charge in [0.1, 0.15) is 11.1 Å². The molecule has 0 saturated carbocycles. The van der Waals surface area contributed by atoms with E-state index in [0.717, 1.165) is 72.0 Å². The monoisotopic (exact) mass is 603 g/mol. The van der Waals surface area contributed by atoms with Gasteiger partial charge in [-0.2, -0.15) is 0 Å². The summed E-state index contributed by atoms with van der Waals surface area (Å²) in [6.07, 6.45) is 1.86. The third-order valence-corrected chi connectivity index (χ3v) is 8.40. The van der Waals surface area contributed by atoms with Crippen molar-refractivity contribution in [3.8, 4) is 56.7 Å². The Labute approximate surface area is 270 Å². The molecule has 5 aromatic carbocycles. The SMILES string of the molecule is c1ccc(-c2nc(-c3ccccc3)nc(-c3cccc(-c4cccc5c(-c6ccc7oc8ccccc8c7n6)nccc45)c3)n2)cc1. The Hall–Kier alpha value is -6.53. The lowest BCUT2D eigenvalue weighted by molar-refractivity contribution is 0.668. The third kappa shape index (κ3) is 4.80. The molecular weight excluding hydrogens is 578 g/mol. The van der Waals surface area contributed by atoms with Crippen molar-refractivity contribution in [1.82, 2.24) is 24.9 Å². The van der Waals surface area contributed by atoms with Crippen LogP contribution in [-0.2, 0) is 0 Å². The van der Waals surface area contributed by atoms with Gasteiger partial charge in [0.2, 0.25) is 0 Å². The zero-order chi connectivity index (χ0) is 31.2. The predicted molar refractivity (Wildman–Crippen MR) is 187 cm³/mol. The highest BCUT2D eigenvalue weighted by Crippen LogP contribution is 2.36. The molecule has 0 amide bonds. The van der Waals surface area contributed by atoms with Gasteiger partial charge in [0.15, 0.2) is 23.1 Å². The van der Waals surface area contributed by atoms with Crippen LogP contribution in [0.4, 0.5) is 0 Å². The Balaban J connectivity index is 1.17. The first-order valence-corrected chi connectivity index (χ1v) is 15.4. The maximum Gasteiger partial charge on any atom is 0.164 e. The Bertz CT molecular complexity index is 2520. The number of hydrogen-bond acceptors (Lipinski definition) is 6. The van der Waals surface area contributed by atoms with E-state index in [1.54, 1.807) is 0 Å². The average molecular weight is 604 g/mol. The average Bonchev–Trinajstić information content (AvgIpc) is 3.53. The fourth-order valence-electron chi connectivity index (χ4n) is 6.15. The molecule has 0 atom stereocenters. The van der Waals surface area contributed by atoms with Crippen molar-refractivity contribution >= 4 is 32.8 Å². The largest absolute Gasteiger partial charge is 0.454 e. The second-order valence-corrected chi connectivity index (χ2v) is 11.3. The molecule has 0 aliphatic heterocycles. The number of para-hydroxylation sites is 1. The van der Waals surface area contributed by atoms with Crippen molar-refractivity contribution in [3.63, 3.8) is 0 Å². The minimum absolute atomic E-state index is 0.618. The van der Waals surface area contributed by atoms with E-state index < -0.39 is 0 Å². The van der Waals surface area contributed by atoms with E-state index in [2.05, 4.69) is 48.5 Å². The smallest absolute Gasteiger partial charge is 0.164 e. The van der Waals surface area contributed by atoms with E-state index in [1.165, 1.54) is 0 Å². The van der Waals surface area contributed by atoms with E-state index in [-0.39, 0.29) is 0 Å². The van der Waals surface area contributed by atoms with Crippen LogP contribution in [0.1, 0.15) is 0 Å². The van der Waals surface area contributed by atoms with E-state index in [4.69, 9.17) is 29.3 Å². The van der Waals surface area contributed by atoms with Crippen LogP contribution >= 0.6 is 0 Å². The number of nitrogens with zero attached hydrogens (tertiary/aromatic N) is 5. The van der Waals surface area contributed by atoms with Crippen molar-refractivity contribution < 1.29 is 4.42 Å². The highest BCUT2D eigenvalue weighted by atomic mass is 16.3. The zero-order valence-corrected chi connectivity index (χ0v) is 25.1. The maximum atomic E-state index is 6.02. The Morgan fingerprint density at radius 1 is 0.404 bits per heavy atom. The lowest BCUT2D eigenvalue weighted by atomic mass is 9.96. The molecule has 220 valence electrons. The van der Waals surface area contributed by atoms with Gasteiger partial charge < -0.3 is 4.42 Å². The first-order valence-electron chi connectivity index (χ1n) is 15.4. The van der Waals surface area contributed by atoms with Crippen LogP contribution in [0, 0.1) is 0 Å². The summed E-state index contributed by atoms with van der Waals surface area (Å²) in [5, 5.41) is 3.10. The predicted octanol–water partition coefficient (Wildman–Crippen LogP) is 10.0. The van der Waals surface area contributed by atoms with Crippen LogP contribution in [0.15, 0.2) is 156 Å². The second kappa shape index (κ2) is 11.1. The van der Waals surface area contributed by atoms with E-state index in [0.29, 0.717) is 17.5 Å². The molecule has 9 rings (SSSR count). The summed E-state index contributed by atoms with van der Waals surface area (Å²) in [6, 6.07) is 48.8. The van der Waals surface area contributed by atoms with Crippen LogP contribution < -0.4 is 0 Å². The number of rotatable bonds is 5. The zero-order valence-electron chi connectivity index (χ0n) is 25.1. The van der Waals surface area contributed by atoms with E-state index in [1.807, 2.05) is 103 Å². The van der Waals surface area contributed by atoms with Crippen LogP contribution in [-0.4, -0.2) is 24.9 Å². The van der Waals surface area contributed by atoms with Gasteiger partial charge in [0, 0.05) is 33.7 Å². The van der Waals surface area contributed by atoms with Gasteiger partial charge in [0.05, 0.1) is 11.4 Å². The molecule has 0 radical (unpaired) electrons. The topological polar surface area (TPSA) is 77.6 Å². The van der Waals surface area contributed by atoms with Crippen LogP contribution in [0.25, 0.3) is 89.5 Å². The van der Waals surface area contributed by atoms with Gasteiger partial charge in [-0.3, -0.25) is 4.98 Å². The quantitative estimate of drug-likeness (QED) is 0.195. The van der Waals surface area contributed by atoms with Crippen LogP contribution in [0.2, 0.25) is 0 Å². The van der Waals surface area contributed by atoms with E-state index >= 15 is 0 Å². The first-order chi connectivity index (χ1) is 23.3. The minimum atomic E-state index is 0.618. The van der Waals surface area contributed by atoms with Crippen LogP contribution in [0.3, 0.4) is 0 Å². The molecule has 4 heterocycles. The Morgan fingerprint density at radius 2 is 1.02 bits per heavy atom.